The van der Waals surface area contributed by atoms with Crippen LogP contribution in [-0.2, 0) is 26.2 Å². The molecule has 0 fully saturated rings. The summed E-state index contributed by atoms with van der Waals surface area (Å²) in [6.45, 7) is 9.35. The second-order valence-electron chi connectivity index (χ2n) is 10.1. The first-order valence-electron chi connectivity index (χ1n) is 12.9. The van der Waals surface area contributed by atoms with Crippen molar-refractivity contribution >= 4 is 39.1 Å². The molecule has 0 aliphatic rings. The van der Waals surface area contributed by atoms with Crippen molar-refractivity contribution in [2.24, 2.45) is 5.92 Å². The third kappa shape index (κ3) is 7.83. The summed E-state index contributed by atoms with van der Waals surface area (Å²) in [5, 5.41) is 3.23. The molecule has 39 heavy (non-hydrogen) atoms. The molecule has 0 saturated heterocycles. The maximum Gasteiger partial charge on any atom is 0.264 e. The summed E-state index contributed by atoms with van der Waals surface area (Å²) in [7, 11) is -4.15. The highest BCUT2D eigenvalue weighted by atomic mass is 35.5. The van der Waals surface area contributed by atoms with E-state index in [2.05, 4.69) is 5.32 Å². The van der Waals surface area contributed by atoms with Gasteiger partial charge in [0.2, 0.25) is 11.8 Å². The number of halogens is 1. The fourth-order valence-corrected chi connectivity index (χ4v) is 5.65. The smallest absolute Gasteiger partial charge is 0.264 e. The molecular formula is C30H36ClN3O4S. The predicted octanol–water partition coefficient (Wildman–Crippen LogP) is 5.34. The summed E-state index contributed by atoms with van der Waals surface area (Å²) in [5.41, 5.74) is 2.67. The van der Waals surface area contributed by atoms with Crippen molar-refractivity contribution in [1.82, 2.24) is 10.2 Å². The molecule has 208 valence electrons. The summed E-state index contributed by atoms with van der Waals surface area (Å²) >= 11 is 6.27. The number of hydrogen-bond donors (Lipinski definition) is 1. The van der Waals surface area contributed by atoms with Gasteiger partial charge in [0.1, 0.15) is 12.6 Å². The molecule has 0 radical (unpaired) electrons. The summed E-state index contributed by atoms with van der Waals surface area (Å²) in [4.78, 5) is 28.5. The Hall–Kier alpha value is -3.36. The Labute approximate surface area is 236 Å². The Bertz CT molecular complexity index is 1390. The van der Waals surface area contributed by atoms with Crippen LogP contribution in [0.3, 0.4) is 0 Å². The van der Waals surface area contributed by atoms with Crippen molar-refractivity contribution in [3.63, 3.8) is 0 Å². The molecule has 3 aromatic rings. The van der Waals surface area contributed by atoms with Crippen molar-refractivity contribution < 1.29 is 18.0 Å². The molecule has 0 aliphatic heterocycles. The lowest BCUT2D eigenvalue weighted by Crippen LogP contribution is -2.51. The number of hydrogen-bond acceptors (Lipinski definition) is 4. The molecule has 7 nitrogen and oxygen atoms in total. The standard InChI is InChI=1S/C30H36ClN3O4S/c1-21(2)18-32-30(36)24(5)33(19-25-9-7-6-8-10-25)29(35)20-34(28-17-26(31)14-13-23(28)4)39(37,38)27-15-11-22(3)12-16-27/h6-17,21,24H,18-20H2,1-5H3,(H,32,36). The first-order chi connectivity index (χ1) is 18.4. The van der Waals surface area contributed by atoms with Crippen LogP contribution in [-0.4, -0.2) is 44.3 Å². The van der Waals surface area contributed by atoms with E-state index in [1.54, 1.807) is 38.1 Å². The number of aryl methyl sites for hydroxylation is 2. The van der Waals surface area contributed by atoms with Crippen LogP contribution in [0, 0.1) is 19.8 Å². The van der Waals surface area contributed by atoms with E-state index in [0.717, 1.165) is 15.4 Å². The zero-order valence-corrected chi connectivity index (χ0v) is 24.6. The van der Waals surface area contributed by atoms with Gasteiger partial charge >= 0.3 is 0 Å². The maximum absolute atomic E-state index is 14.0. The Morgan fingerprint density at radius 3 is 2.18 bits per heavy atom. The van der Waals surface area contributed by atoms with Gasteiger partial charge in [-0.2, -0.15) is 0 Å². The number of benzene rings is 3. The highest BCUT2D eigenvalue weighted by Gasteiger charge is 2.33. The molecule has 9 heteroatoms. The molecule has 0 aliphatic carbocycles. The van der Waals surface area contributed by atoms with Crippen LogP contribution in [0.25, 0.3) is 0 Å². The molecule has 1 unspecified atom stereocenters. The Morgan fingerprint density at radius 2 is 1.56 bits per heavy atom. The molecule has 0 saturated carbocycles. The minimum Gasteiger partial charge on any atom is -0.354 e. The van der Waals surface area contributed by atoms with Gasteiger partial charge in [0.05, 0.1) is 10.6 Å². The average Bonchev–Trinajstić information content (AvgIpc) is 2.90. The van der Waals surface area contributed by atoms with Crippen LogP contribution >= 0.6 is 11.6 Å². The lowest BCUT2D eigenvalue weighted by atomic mass is 10.1. The van der Waals surface area contributed by atoms with Crippen LogP contribution in [0.2, 0.25) is 5.02 Å². The molecule has 3 rings (SSSR count). The van der Waals surface area contributed by atoms with Crippen molar-refractivity contribution in [2.45, 2.75) is 52.1 Å². The topological polar surface area (TPSA) is 86.8 Å². The Kier molecular flexibility index (Phi) is 10.2. The van der Waals surface area contributed by atoms with Gasteiger partial charge < -0.3 is 10.2 Å². The van der Waals surface area contributed by atoms with Crippen LogP contribution in [0.5, 0.6) is 0 Å². The van der Waals surface area contributed by atoms with Crippen LogP contribution in [0.15, 0.2) is 77.7 Å². The van der Waals surface area contributed by atoms with Crippen molar-refractivity contribution in [1.29, 1.82) is 0 Å². The SMILES string of the molecule is Cc1ccc(S(=O)(=O)N(CC(=O)N(Cc2ccccc2)C(C)C(=O)NCC(C)C)c2cc(Cl)ccc2C)cc1. The largest absolute Gasteiger partial charge is 0.354 e. The zero-order valence-electron chi connectivity index (χ0n) is 23.0. The quantitative estimate of drug-likeness (QED) is 0.338. The van der Waals surface area contributed by atoms with Gasteiger partial charge in [0.15, 0.2) is 0 Å². The van der Waals surface area contributed by atoms with Crippen LogP contribution in [0.4, 0.5) is 5.69 Å². The highest BCUT2D eigenvalue weighted by molar-refractivity contribution is 7.92. The lowest BCUT2D eigenvalue weighted by Gasteiger charge is -2.32. The van der Waals surface area contributed by atoms with Crippen molar-refractivity contribution in [3.05, 3.63) is 94.5 Å². The second-order valence-corrected chi connectivity index (χ2v) is 12.4. The van der Waals surface area contributed by atoms with Gasteiger partial charge in [-0.3, -0.25) is 13.9 Å². The molecule has 1 atom stereocenters. The molecule has 0 spiro atoms. The zero-order chi connectivity index (χ0) is 28.7. The number of amides is 2. The molecule has 0 aromatic heterocycles. The Balaban J connectivity index is 2.04. The van der Waals surface area contributed by atoms with E-state index in [0.29, 0.717) is 22.8 Å². The maximum atomic E-state index is 14.0. The average molecular weight is 570 g/mol. The predicted molar refractivity (Wildman–Crippen MR) is 156 cm³/mol. The summed E-state index contributed by atoms with van der Waals surface area (Å²) in [6, 6.07) is 19.8. The van der Waals surface area contributed by atoms with E-state index in [1.807, 2.05) is 51.1 Å². The van der Waals surface area contributed by atoms with Gasteiger partial charge in [-0.1, -0.05) is 79.5 Å². The minimum atomic E-state index is -4.15. The van der Waals surface area contributed by atoms with Crippen molar-refractivity contribution in [3.8, 4) is 0 Å². The van der Waals surface area contributed by atoms with Gasteiger partial charge in [0, 0.05) is 18.1 Å². The van der Waals surface area contributed by atoms with Gasteiger partial charge in [0.25, 0.3) is 10.0 Å². The minimum absolute atomic E-state index is 0.0533. The third-order valence-corrected chi connectivity index (χ3v) is 8.38. The monoisotopic (exact) mass is 569 g/mol. The summed E-state index contributed by atoms with van der Waals surface area (Å²) < 4.78 is 29.0. The first-order valence-corrected chi connectivity index (χ1v) is 14.7. The normalized spacial score (nSPS) is 12.2. The molecule has 2 amide bonds. The van der Waals surface area contributed by atoms with Gasteiger partial charge in [-0.25, -0.2) is 8.42 Å². The lowest BCUT2D eigenvalue weighted by molar-refractivity contribution is -0.139. The summed E-state index contributed by atoms with van der Waals surface area (Å²) in [5.74, 6) is -0.582. The van der Waals surface area contributed by atoms with Crippen LogP contribution < -0.4 is 9.62 Å². The number of nitrogens with zero attached hydrogens (tertiary/aromatic N) is 2. The Morgan fingerprint density at radius 1 is 0.923 bits per heavy atom. The number of sulfonamides is 1. The molecular weight excluding hydrogens is 534 g/mol. The van der Waals surface area contributed by atoms with E-state index in [1.165, 1.54) is 23.1 Å². The first kappa shape index (κ1) is 30.2. The second kappa shape index (κ2) is 13.1. The number of rotatable bonds is 11. The van der Waals surface area contributed by atoms with E-state index in [4.69, 9.17) is 11.6 Å². The number of anilines is 1. The molecule has 1 N–H and O–H groups in total. The fourth-order valence-electron chi connectivity index (χ4n) is 4.02. The van der Waals surface area contributed by atoms with E-state index in [9.17, 15) is 18.0 Å². The highest BCUT2D eigenvalue weighted by Crippen LogP contribution is 2.30. The van der Waals surface area contributed by atoms with Gasteiger partial charge in [-0.05, 0) is 62.1 Å². The molecule has 3 aromatic carbocycles. The van der Waals surface area contributed by atoms with E-state index >= 15 is 0 Å². The molecule has 0 heterocycles. The van der Waals surface area contributed by atoms with E-state index < -0.39 is 28.5 Å². The summed E-state index contributed by atoms with van der Waals surface area (Å²) in [6.07, 6.45) is 0. The van der Waals surface area contributed by atoms with E-state index in [-0.39, 0.29) is 23.3 Å². The van der Waals surface area contributed by atoms with Crippen molar-refractivity contribution in [2.75, 3.05) is 17.4 Å². The van der Waals surface area contributed by atoms with Gasteiger partial charge in [-0.15, -0.1) is 0 Å². The number of carbonyl (C=O) groups excluding carboxylic acids is 2. The third-order valence-electron chi connectivity index (χ3n) is 6.38. The van der Waals surface area contributed by atoms with Crippen LogP contribution in [0.1, 0.15) is 37.5 Å². The fraction of sp³-hybridized carbons (Fsp3) is 0.333. The number of nitrogens with one attached hydrogen (secondary N) is 1. The molecule has 0 bridgehead atoms. The number of carbonyl (C=O) groups is 2.